The molecule has 0 aliphatic carbocycles. The molecule has 1 N–H and O–H groups in total. The molecule has 4 rings (SSSR count). The van der Waals surface area contributed by atoms with Gasteiger partial charge in [0.1, 0.15) is 11.3 Å². The van der Waals surface area contributed by atoms with Crippen LogP contribution in [-0.2, 0) is 0 Å². The van der Waals surface area contributed by atoms with E-state index >= 15 is 0 Å². The lowest BCUT2D eigenvalue weighted by Gasteiger charge is -2.05. The monoisotopic (exact) mass is 343 g/mol. The van der Waals surface area contributed by atoms with Crippen molar-refractivity contribution in [1.29, 1.82) is 0 Å². The van der Waals surface area contributed by atoms with E-state index in [9.17, 15) is 4.79 Å². The highest BCUT2D eigenvalue weighted by Gasteiger charge is 2.13. The van der Waals surface area contributed by atoms with Crippen LogP contribution in [0.5, 0.6) is 5.75 Å². The van der Waals surface area contributed by atoms with Crippen molar-refractivity contribution in [1.82, 2.24) is 0 Å². The normalized spacial score (nSPS) is 10.7. The predicted octanol–water partition coefficient (Wildman–Crippen LogP) is 5.36. The van der Waals surface area contributed by atoms with Crippen molar-refractivity contribution in [3.05, 3.63) is 84.6 Å². The zero-order valence-electron chi connectivity index (χ0n) is 14.2. The summed E-state index contributed by atoms with van der Waals surface area (Å²) in [6, 6.07) is 25.0. The minimum atomic E-state index is -0.285. The van der Waals surface area contributed by atoms with Crippen molar-refractivity contribution in [3.8, 4) is 16.9 Å². The number of nitrogens with one attached hydrogen (secondary N) is 1. The Morgan fingerprint density at radius 2 is 1.62 bits per heavy atom. The fraction of sp³-hybridized carbons (Fsp3) is 0.0455. The summed E-state index contributed by atoms with van der Waals surface area (Å²) >= 11 is 0. The van der Waals surface area contributed by atoms with Gasteiger partial charge in [-0.05, 0) is 47.5 Å². The van der Waals surface area contributed by atoms with Crippen LogP contribution in [0.15, 0.2) is 83.3 Å². The highest BCUT2D eigenvalue weighted by molar-refractivity contribution is 6.04. The van der Waals surface area contributed by atoms with Crippen LogP contribution in [0.3, 0.4) is 0 Å². The van der Waals surface area contributed by atoms with Gasteiger partial charge in [-0.1, -0.05) is 42.5 Å². The second-order valence-corrected chi connectivity index (χ2v) is 5.91. The molecule has 0 unspecified atom stereocenters. The highest BCUT2D eigenvalue weighted by Crippen LogP contribution is 2.25. The van der Waals surface area contributed by atoms with Crippen LogP contribution in [0, 0.1) is 0 Å². The quantitative estimate of drug-likeness (QED) is 0.542. The Morgan fingerprint density at radius 3 is 2.35 bits per heavy atom. The minimum Gasteiger partial charge on any atom is -0.497 e. The van der Waals surface area contributed by atoms with Crippen LogP contribution < -0.4 is 10.1 Å². The van der Waals surface area contributed by atoms with E-state index in [0.29, 0.717) is 11.3 Å². The van der Waals surface area contributed by atoms with Gasteiger partial charge in [-0.2, -0.15) is 0 Å². The third kappa shape index (κ3) is 3.17. The van der Waals surface area contributed by atoms with E-state index in [1.54, 1.807) is 25.3 Å². The molecule has 0 saturated carbocycles. The van der Waals surface area contributed by atoms with Gasteiger partial charge in [-0.15, -0.1) is 0 Å². The molecule has 1 aromatic heterocycles. The summed E-state index contributed by atoms with van der Waals surface area (Å²) in [4.78, 5) is 12.5. The van der Waals surface area contributed by atoms with Crippen molar-refractivity contribution < 1.29 is 13.9 Å². The smallest absolute Gasteiger partial charge is 0.291 e. The number of fused-ring (bicyclic) bond motifs is 1. The van der Waals surface area contributed by atoms with Gasteiger partial charge in [0.25, 0.3) is 5.91 Å². The maximum atomic E-state index is 12.5. The van der Waals surface area contributed by atoms with E-state index in [1.165, 1.54) is 0 Å². The molecule has 1 amide bonds. The second kappa shape index (κ2) is 6.76. The second-order valence-electron chi connectivity index (χ2n) is 5.91. The van der Waals surface area contributed by atoms with Gasteiger partial charge >= 0.3 is 0 Å². The zero-order chi connectivity index (χ0) is 17.9. The first-order valence-corrected chi connectivity index (χ1v) is 8.27. The summed E-state index contributed by atoms with van der Waals surface area (Å²) in [5.41, 5.74) is 3.60. The SMILES string of the molecule is COc1ccc2oc(C(=O)Nc3ccc(-c4ccccc4)cc3)cc2c1. The maximum Gasteiger partial charge on any atom is 0.291 e. The third-order valence-corrected chi connectivity index (χ3v) is 4.20. The third-order valence-electron chi connectivity index (χ3n) is 4.20. The summed E-state index contributed by atoms with van der Waals surface area (Å²) in [5.74, 6) is 0.703. The summed E-state index contributed by atoms with van der Waals surface area (Å²) in [7, 11) is 1.61. The Labute approximate surface area is 151 Å². The van der Waals surface area contributed by atoms with Gasteiger partial charge in [0.15, 0.2) is 5.76 Å². The Hall–Kier alpha value is -3.53. The van der Waals surface area contributed by atoms with Gasteiger partial charge in [0.2, 0.25) is 0 Å². The molecular weight excluding hydrogens is 326 g/mol. The molecule has 0 aliphatic heterocycles. The van der Waals surface area contributed by atoms with Crippen molar-refractivity contribution in [2.45, 2.75) is 0 Å². The van der Waals surface area contributed by atoms with Gasteiger partial charge in [-0.3, -0.25) is 4.79 Å². The number of benzene rings is 3. The first-order valence-electron chi connectivity index (χ1n) is 8.27. The van der Waals surface area contributed by atoms with Crippen molar-refractivity contribution in [3.63, 3.8) is 0 Å². The van der Waals surface area contributed by atoms with Gasteiger partial charge in [-0.25, -0.2) is 0 Å². The lowest BCUT2D eigenvalue weighted by molar-refractivity contribution is 0.0998. The molecule has 0 radical (unpaired) electrons. The molecule has 4 aromatic rings. The van der Waals surface area contributed by atoms with Crippen molar-refractivity contribution in [2.75, 3.05) is 12.4 Å². The first-order chi connectivity index (χ1) is 12.7. The lowest BCUT2D eigenvalue weighted by atomic mass is 10.1. The molecule has 128 valence electrons. The molecule has 0 atom stereocenters. The van der Waals surface area contributed by atoms with Crippen LogP contribution in [0.4, 0.5) is 5.69 Å². The summed E-state index contributed by atoms with van der Waals surface area (Å²) in [6.45, 7) is 0. The van der Waals surface area contributed by atoms with Crippen molar-refractivity contribution in [2.24, 2.45) is 0 Å². The number of carbonyl (C=O) groups excluding carboxylic acids is 1. The minimum absolute atomic E-state index is 0.264. The largest absolute Gasteiger partial charge is 0.497 e. The molecule has 3 aromatic carbocycles. The van der Waals surface area contributed by atoms with E-state index in [-0.39, 0.29) is 11.7 Å². The van der Waals surface area contributed by atoms with E-state index in [2.05, 4.69) is 17.4 Å². The summed E-state index contributed by atoms with van der Waals surface area (Å²) in [6.07, 6.45) is 0. The standard InChI is InChI=1S/C22H17NO3/c1-25-19-11-12-20-17(13-19)14-21(26-20)22(24)23-18-9-7-16(8-10-18)15-5-3-2-4-6-15/h2-14H,1H3,(H,23,24). The molecule has 26 heavy (non-hydrogen) atoms. The Balaban J connectivity index is 1.52. The summed E-state index contributed by atoms with van der Waals surface area (Å²) < 4.78 is 10.8. The van der Waals surface area contributed by atoms with E-state index < -0.39 is 0 Å². The number of furan rings is 1. The molecule has 0 saturated heterocycles. The number of carbonyl (C=O) groups is 1. The Bertz CT molecular complexity index is 1050. The van der Waals surface area contributed by atoms with E-state index in [0.717, 1.165) is 22.3 Å². The van der Waals surface area contributed by atoms with Crippen LogP contribution in [-0.4, -0.2) is 13.0 Å². The number of methoxy groups -OCH3 is 1. The fourth-order valence-corrected chi connectivity index (χ4v) is 2.83. The highest BCUT2D eigenvalue weighted by atomic mass is 16.5. The maximum absolute atomic E-state index is 12.5. The first kappa shape index (κ1) is 16.0. The zero-order valence-corrected chi connectivity index (χ0v) is 14.2. The molecule has 4 nitrogen and oxygen atoms in total. The fourth-order valence-electron chi connectivity index (χ4n) is 2.83. The van der Waals surface area contributed by atoms with Gasteiger partial charge < -0.3 is 14.5 Å². The molecule has 0 spiro atoms. The number of amides is 1. The molecular formula is C22H17NO3. The molecule has 0 bridgehead atoms. The van der Waals surface area contributed by atoms with Crippen molar-refractivity contribution >= 4 is 22.6 Å². The number of anilines is 1. The van der Waals surface area contributed by atoms with Crippen LogP contribution in [0.1, 0.15) is 10.6 Å². The van der Waals surface area contributed by atoms with Crippen LogP contribution >= 0.6 is 0 Å². The van der Waals surface area contributed by atoms with E-state index in [4.69, 9.17) is 9.15 Å². The number of rotatable bonds is 4. The number of hydrogen-bond donors (Lipinski definition) is 1. The molecule has 1 heterocycles. The van der Waals surface area contributed by atoms with Crippen LogP contribution in [0.2, 0.25) is 0 Å². The average molecular weight is 343 g/mol. The van der Waals surface area contributed by atoms with E-state index in [1.807, 2.05) is 48.5 Å². The summed E-state index contributed by atoms with van der Waals surface area (Å²) in [5, 5.41) is 3.69. The number of ether oxygens (including phenoxy) is 1. The lowest BCUT2D eigenvalue weighted by Crippen LogP contribution is -2.10. The predicted molar refractivity (Wildman–Crippen MR) is 103 cm³/mol. The van der Waals surface area contributed by atoms with Gasteiger partial charge in [0.05, 0.1) is 7.11 Å². The van der Waals surface area contributed by atoms with Gasteiger partial charge in [0, 0.05) is 11.1 Å². The number of hydrogen-bond acceptors (Lipinski definition) is 3. The topological polar surface area (TPSA) is 51.5 Å². The van der Waals surface area contributed by atoms with Crippen LogP contribution in [0.25, 0.3) is 22.1 Å². The Kier molecular flexibility index (Phi) is 4.15. The molecule has 0 aliphatic rings. The molecule has 4 heteroatoms. The Morgan fingerprint density at radius 1 is 0.885 bits per heavy atom. The average Bonchev–Trinajstić information content (AvgIpc) is 3.12. The molecule has 0 fully saturated rings.